The molecule has 0 N–H and O–H groups in total. The van der Waals surface area contributed by atoms with E-state index in [1.165, 1.54) is 0 Å². The number of hydrogen-bond acceptors (Lipinski definition) is 2. The molecule has 0 aliphatic heterocycles. The van der Waals surface area contributed by atoms with Crippen molar-refractivity contribution in [1.82, 2.24) is 0 Å². The smallest absolute Gasteiger partial charge is 0.222 e. The van der Waals surface area contributed by atoms with Crippen molar-refractivity contribution in [2.45, 2.75) is 20.3 Å². The van der Waals surface area contributed by atoms with Gasteiger partial charge in [-0.05, 0) is 19.4 Å². The Morgan fingerprint density at radius 3 is 2.67 bits per heavy atom. The minimum absolute atomic E-state index is 0.0420. The fourth-order valence-corrected chi connectivity index (χ4v) is 0.375. The number of nitro groups is 1. The van der Waals surface area contributed by atoms with Crippen LogP contribution in [0.4, 0.5) is 0 Å². The molecule has 3 heteroatoms. The molecule has 3 nitrogen and oxygen atoms in total. The third-order valence-electron chi connectivity index (χ3n) is 1.15. The first kappa shape index (κ1) is 8.14. The fourth-order valence-electron chi connectivity index (χ4n) is 0.375. The molecule has 0 saturated heterocycles. The predicted octanol–water partition coefficient (Wildman–Crippen LogP) is 1.62. The van der Waals surface area contributed by atoms with E-state index < -0.39 is 0 Å². The SMILES string of the molecule is CCC(C)=CC[N+](=O)[O-]. The number of allylic oxidation sites excluding steroid dienone is 1. The first-order valence-electron chi connectivity index (χ1n) is 2.94. The molecule has 0 fully saturated rings. The third-order valence-corrected chi connectivity index (χ3v) is 1.15. The van der Waals surface area contributed by atoms with Crippen molar-refractivity contribution in [3.05, 3.63) is 21.8 Å². The van der Waals surface area contributed by atoms with Crippen LogP contribution in [0.3, 0.4) is 0 Å². The maximum Gasteiger partial charge on any atom is 0.222 e. The summed E-state index contributed by atoms with van der Waals surface area (Å²) >= 11 is 0. The van der Waals surface area contributed by atoms with Gasteiger partial charge in [-0.2, -0.15) is 0 Å². The zero-order valence-corrected chi connectivity index (χ0v) is 5.76. The van der Waals surface area contributed by atoms with E-state index in [9.17, 15) is 10.1 Å². The second kappa shape index (κ2) is 4.06. The van der Waals surface area contributed by atoms with Crippen molar-refractivity contribution >= 4 is 0 Å². The zero-order chi connectivity index (χ0) is 7.28. The van der Waals surface area contributed by atoms with E-state index in [-0.39, 0.29) is 11.5 Å². The molecule has 0 aromatic rings. The Morgan fingerprint density at radius 1 is 1.78 bits per heavy atom. The Kier molecular flexibility index (Phi) is 3.67. The van der Waals surface area contributed by atoms with Crippen LogP contribution >= 0.6 is 0 Å². The van der Waals surface area contributed by atoms with Crippen LogP contribution in [0.15, 0.2) is 11.6 Å². The van der Waals surface area contributed by atoms with Gasteiger partial charge in [-0.15, -0.1) is 0 Å². The zero-order valence-electron chi connectivity index (χ0n) is 5.76. The summed E-state index contributed by atoms with van der Waals surface area (Å²) in [5.74, 6) is 0. The summed E-state index contributed by atoms with van der Waals surface area (Å²) in [6.07, 6.45) is 2.54. The molecular formula is C6H11NO2. The summed E-state index contributed by atoms with van der Waals surface area (Å²) < 4.78 is 0. The second-order valence-electron chi connectivity index (χ2n) is 1.92. The molecule has 0 spiro atoms. The summed E-state index contributed by atoms with van der Waals surface area (Å²) in [6, 6.07) is 0. The van der Waals surface area contributed by atoms with Crippen LogP contribution in [0, 0.1) is 10.1 Å². The van der Waals surface area contributed by atoms with Gasteiger partial charge in [0.25, 0.3) is 0 Å². The molecule has 52 valence electrons. The lowest BCUT2D eigenvalue weighted by atomic mass is 10.2. The molecular weight excluding hydrogens is 118 g/mol. The van der Waals surface area contributed by atoms with E-state index in [0.717, 1.165) is 12.0 Å². The molecule has 9 heavy (non-hydrogen) atoms. The molecule has 0 bridgehead atoms. The van der Waals surface area contributed by atoms with Crippen LogP contribution in [0.25, 0.3) is 0 Å². The quantitative estimate of drug-likeness (QED) is 0.330. The lowest BCUT2D eigenvalue weighted by Crippen LogP contribution is -1.96. The molecule has 0 aromatic carbocycles. The second-order valence-corrected chi connectivity index (χ2v) is 1.92. The molecule has 0 rings (SSSR count). The highest BCUT2D eigenvalue weighted by Crippen LogP contribution is 1.95. The standard InChI is InChI=1S/C6H11NO2/c1-3-6(2)4-5-7(8)9/h4H,3,5H2,1-2H3. The van der Waals surface area contributed by atoms with Crippen molar-refractivity contribution in [2.24, 2.45) is 0 Å². The first-order valence-corrected chi connectivity index (χ1v) is 2.94. The Balaban J connectivity index is 3.56. The van der Waals surface area contributed by atoms with Crippen molar-refractivity contribution in [3.8, 4) is 0 Å². The summed E-state index contributed by atoms with van der Waals surface area (Å²) in [6.45, 7) is 3.83. The van der Waals surface area contributed by atoms with E-state index >= 15 is 0 Å². The van der Waals surface area contributed by atoms with Crippen molar-refractivity contribution in [1.29, 1.82) is 0 Å². The summed E-state index contributed by atoms with van der Waals surface area (Å²) in [5, 5.41) is 9.78. The Labute approximate surface area is 54.5 Å². The van der Waals surface area contributed by atoms with Gasteiger partial charge < -0.3 is 0 Å². The minimum atomic E-state index is -0.334. The van der Waals surface area contributed by atoms with Gasteiger partial charge in [-0.1, -0.05) is 12.5 Å². The summed E-state index contributed by atoms with van der Waals surface area (Å²) in [4.78, 5) is 9.45. The van der Waals surface area contributed by atoms with E-state index in [4.69, 9.17) is 0 Å². The van der Waals surface area contributed by atoms with Crippen LogP contribution in [-0.2, 0) is 0 Å². The molecule has 0 aromatic heterocycles. The maximum atomic E-state index is 9.78. The monoisotopic (exact) mass is 129 g/mol. The van der Waals surface area contributed by atoms with Gasteiger partial charge in [-0.3, -0.25) is 10.1 Å². The fraction of sp³-hybridized carbons (Fsp3) is 0.667. The number of hydrogen-bond donors (Lipinski definition) is 0. The van der Waals surface area contributed by atoms with Gasteiger partial charge in [-0.25, -0.2) is 0 Å². The van der Waals surface area contributed by atoms with Gasteiger partial charge in [0, 0.05) is 4.92 Å². The summed E-state index contributed by atoms with van der Waals surface area (Å²) in [5.41, 5.74) is 1.08. The lowest BCUT2D eigenvalue weighted by molar-refractivity contribution is -0.468. The van der Waals surface area contributed by atoms with Gasteiger partial charge in [0.05, 0.1) is 0 Å². The molecule has 0 unspecified atom stereocenters. The van der Waals surface area contributed by atoms with Gasteiger partial charge in [0.15, 0.2) is 0 Å². The third kappa shape index (κ3) is 5.00. The minimum Gasteiger partial charge on any atom is -0.264 e. The van der Waals surface area contributed by atoms with E-state index in [1.807, 2.05) is 13.8 Å². The normalized spacial score (nSPS) is 11.6. The topological polar surface area (TPSA) is 43.1 Å². The Hall–Kier alpha value is -0.860. The van der Waals surface area contributed by atoms with Crippen molar-refractivity contribution < 1.29 is 4.92 Å². The molecule has 0 aliphatic rings. The average molecular weight is 129 g/mol. The highest BCUT2D eigenvalue weighted by Gasteiger charge is 1.90. The maximum absolute atomic E-state index is 9.78. The predicted molar refractivity (Wildman–Crippen MR) is 35.9 cm³/mol. The van der Waals surface area contributed by atoms with Crippen LogP contribution in [0.2, 0.25) is 0 Å². The largest absolute Gasteiger partial charge is 0.264 e. The Morgan fingerprint density at radius 2 is 2.33 bits per heavy atom. The van der Waals surface area contributed by atoms with Crippen molar-refractivity contribution in [2.75, 3.05) is 6.54 Å². The van der Waals surface area contributed by atoms with E-state index in [2.05, 4.69) is 0 Å². The lowest BCUT2D eigenvalue weighted by Gasteiger charge is -1.89. The molecule has 0 aliphatic carbocycles. The summed E-state index contributed by atoms with van der Waals surface area (Å²) in [7, 11) is 0. The van der Waals surface area contributed by atoms with Crippen LogP contribution in [0.5, 0.6) is 0 Å². The molecule has 0 amide bonds. The van der Waals surface area contributed by atoms with Crippen LogP contribution < -0.4 is 0 Å². The Bertz CT molecular complexity index is 129. The van der Waals surface area contributed by atoms with Crippen molar-refractivity contribution in [3.63, 3.8) is 0 Å². The van der Waals surface area contributed by atoms with Gasteiger partial charge in [0.2, 0.25) is 6.54 Å². The first-order chi connectivity index (χ1) is 4.16. The van der Waals surface area contributed by atoms with E-state index in [1.54, 1.807) is 6.08 Å². The highest BCUT2D eigenvalue weighted by molar-refractivity contribution is 4.96. The van der Waals surface area contributed by atoms with E-state index in [0.29, 0.717) is 0 Å². The molecule has 0 heterocycles. The number of rotatable bonds is 3. The van der Waals surface area contributed by atoms with Gasteiger partial charge >= 0.3 is 0 Å². The molecule has 0 saturated carbocycles. The van der Waals surface area contributed by atoms with Crippen LogP contribution in [0.1, 0.15) is 20.3 Å². The highest BCUT2D eigenvalue weighted by atomic mass is 16.6. The van der Waals surface area contributed by atoms with Gasteiger partial charge in [0.1, 0.15) is 0 Å². The average Bonchev–Trinajstić information content (AvgIpc) is 1.83. The molecule has 0 radical (unpaired) electrons. The van der Waals surface area contributed by atoms with Crippen LogP contribution in [-0.4, -0.2) is 11.5 Å². The number of nitrogens with zero attached hydrogens (tertiary/aromatic N) is 1. The molecule has 0 atom stereocenters.